The van der Waals surface area contributed by atoms with Crippen molar-refractivity contribution >= 4 is 44.4 Å². The van der Waals surface area contributed by atoms with E-state index >= 15 is 0 Å². The van der Waals surface area contributed by atoms with Gasteiger partial charge < -0.3 is 5.32 Å². The monoisotopic (exact) mass is 354 g/mol. The highest BCUT2D eigenvalue weighted by Crippen LogP contribution is 2.27. The van der Waals surface area contributed by atoms with Crippen LogP contribution in [0.25, 0.3) is 10.2 Å². The van der Waals surface area contributed by atoms with Crippen molar-refractivity contribution in [3.05, 3.63) is 53.8 Å². The van der Waals surface area contributed by atoms with E-state index in [2.05, 4.69) is 10.3 Å². The number of hydrogen-bond acceptors (Lipinski definition) is 4. The number of halogens is 3. The minimum absolute atomic E-state index is 0.0232. The van der Waals surface area contributed by atoms with Crippen LogP contribution in [0.5, 0.6) is 0 Å². The first-order valence-corrected chi connectivity index (χ1v) is 8.25. The fourth-order valence-electron chi connectivity index (χ4n) is 1.82. The van der Waals surface area contributed by atoms with Crippen molar-refractivity contribution in [1.82, 2.24) is 4.98 Å². The Hall–Kier alpha value is -2.06. The largest absolute Gasteiger partial charge is 0.301 e. The van der Waals surface area contributed by atoms with E-state index in [4.69, 9.17) is 0 Å². The lowest BCUT2D eigenvalue weighted by Crippen LogP contribution is -2.13. The zero-order valence-corrected chi connectivity index (χ0v) is 13.1. The molecule has 0 fully saturated rings. The number of fused-ring (bicyclic) bond motifs is 1. The number of benzene rings is 2. The number of nitrogens with zero attached hydrogens (tertiary/aromatic N) is 1. The Balaban J connectivity index is 1.62. The molecule has 2 aromatic carbocycles. The maximum absolute atomic E-state index is 13.1. The summed E-state index contributed by atoms with van der Waals surface area (Å²) in [6.07, 6.45) is 0. The number of amides is 1. The molecule has 1 N–H and O–H groups in total. The average Bonchev–Trinajstić information content (AvgIpc) is 2.89. The maximum atomic E-state index is 13.1. The van der Waals surface area contributed by atoms with Crippen molar-refractivity contribution in [3.63, 3.8) is 0 Å². The first-order chi connectivity index (χ1) is 11.0. The predicted molar refractivity (Wildman–Crippen MR) is 85.3 cm³/mol. The Morgan fingerprint density at radius 1 is 1.13 bits per heavy atom. The summed E-state index contributed by atoms with van der Waals surface area (Å²) < 4.78 is 39.6. The van der Waals surface area contributed by atoms with Gasteiger partial charge in [-0.3, -0.25) is 4.79 Å². The number of nitrogens with one attached hydrogen (secondary N) is 1. The number of rotatable bonds is 4. The first-order valence-electron chi connectivity index (χ1n) is 6.45. The normalized spacial score (nSPS) is 10.9. The fourth-order valence-corrected chi connectivity index (χ4v) is 3.45. The van der Waals surface area contributed by atoms with E-state index in [0.717, 1.165) is 35.2 Å². The number of thioether (sulfide) groups is 1. The van der Waals surface area contributed by atoms with Gasteiger partial charge in [0, 0.05) is 4.90 Å². The second-order valence-electron chi connectivity index (χ2n) is 4.54. The molecule has 0 aliphatic rings. The SMILES string of the molecule is O=C(CSc1ccc(F)c(F)c1)Nc1nc2ccc(F)cc2s1. The van der Waals surface area contributed by atoms with Gasteiger partial charge in [-0.05, 0) is 36.4 Å². The molecule has 0 saturated carbocycles. The Labute approximate surface area is 137 Å². The Morgan fingerprint density at radius 3 is 2.74 bits per heavy atom. The van der Waals surface area contributed by atoms with Gasteiger partial charge >= 0.3 is 0 Å². The standard InChI is InChI=1S/C15H9F3N2OS2/c16-8-1-4-12-13(5-8)23-15(19-12)20-14(21)7-22-9-2-3-10(17)11(18)6-9/h1-6H,7H2,(H,19,20,21). The summed E-state index contributed by atoms with van der Waals surface area (Å²) in [6.45, 7) is 0. The number of hydrogen-bond donors (Lipinski definition) is 1. The highest BCUT2D eigenvalue weighted by atomic mass is 32.2. The Morgan fingerprint density at radius 2 is 1.96 bits per heavy atom. The highest BCUT2D eigenvalue weighted by molar-refractivity contribution is 8.00. The summed E-state index contributed by atoms with van der Waals surface area (Å²) in [7, 11) is 0. The molecular weight excluding hydrogens is 345 g/mol. The minimum atomic E-state index is -0.955. The molecule has 1 amide bonds. The summed E-state index contributed by atoms with van der Waals surface area (Å²) >= 11 is 2.24. The molecule has 0 bridgehead atoms. The van der Waals surface area contributed by atoms with Gasteiger partial charge in [0.25, 0.3) is 0 Å². The predicted octanol–water partition coefficient (Wildman–Crippen LogP) is 4.44. The Kier molecular flexibility index (Phi) is 4.53. The van der Waals surface area contributed by atoms with E-state index in [1.54, 1.807) is 0 Å². The molecule has 0 atom stereocenters. The van der Waals surface area contributed by atoms with Crippen LogP contribution in [0.1, 0.15) is 0 Å². The molecule has 0 unspecified atom stereocenters. The molecule has 8 heteroatoms. The van der Waals surface area contributed by atoms with Crippen molar-refractivity contribution in [3.8, 4) is 0 Å². The number of carbonyl (C=O) groups excluding carboxylic acids is 1. The van der Waals surface area contributed by atoms with Crippen molar-refractivity contribution in [1.29, 1.82) is 0 Å². The lowest BCUT2D eigenvalue weighted by Gasteiger charge is -2.02. The maximum Gasteiger partial charge on any atom is 0.236 e. The third kappa shape index (κ3) is 3.83. The number of anilines is 1. The molecule has 3 aromatic rings. The van der Waals surface area contributed by atoms with E-state index in [9.17, 15) is 18.0 Å². The molecule has 0 aliphatic carbocycles. The Bertz CT molecular complexity index is 882. The van der Waals surface area contributed by atoms with Gasteiger partial charge in [-0.15, -0.1) is 11.8 Å². The molecule has 1 heterocycles. The van der Waals surface area contributed by atoms with Crippen molar-refractivity contribution in [2.24, 2.45) is 0 Å². The van der Waals surface area contributed by atoms with Crippen molar-refractivity contribution < 1.29 is 18.0 Å². The van der Waals surface area contributed by atoms with Crippen LogP contribution in [-0.2, 0) is 4.79 Å². The molecule has 0 aliphatic heterocycles. The van der Waals surface area contributed by atoms with E-state index in [1.807, 2.05) is 0 Å². The van der Waals surface area contributed by atoms with Gasteiger partial charge in [-0.1, -0.05) is 11.3 Å². The second-order valence-corrected chi connectivity index (χ2v) is 6.62. The van der Waals surface area contributed by atoms with Crippen LogP contribution in [0.4, 0.5) is 18.3 Å². The average molecular weight is 354 g/mol. The van der Waals surface area contributed by atoms with Gasteiger partial charge in [-0.2, -0.15) is 0 Å². The summed E-state index contributed by atoms with van der Waals surface area (Å²) in [4.78, 5) is 16.5. The van der Waals surface area contributed by atoms with Crippen LogP contribution in [0.3, 0.4) is 0 Å². The highest BCUT2D eigenvalue weighted by Gasteiger charge is 2.10. The zero-order valence-electron chi connectivity index (χ0n) is 11.5. The van der Waals surface area contributed by atoms with Gasteiger partial charge in [-0.25, -0.2) is 18.2 Å². The van der Waals surface area contributed by atoms with Gasteiger partial charge in [0.05, 0.1) is 16.0 Å². The number of thiazole rings is 1. The molecule has 23 heavy (non-hydrogen) atoms. The molecule has 0 radical (unpaired) electrons. The molecule has 3 rings (SSSR count). The van der Waals surface area contributed by atoms with Crippen molar-refractivity contribution in [2.45, 2.75) is 4.90 Å². The van der Waals surface area contributed by atoms with Crippen LogP contribution in [0.2, 0.25) is 0 Å². The summed E-state index contributed by atoms with van der Waals surface area (Å²) in [5.74, 6) is -2.56. The van der Waals surface area contributed by atoms with E-state index in [-0.39, 0.29) is 17.5 Å². The summed E-state index contributed by atoms with van der Waals surface area (Å²) in [5, 5.41) is 2.97. The van der Waals surface area contributed by atoms with Crippen LogP contribution < -0.4 is 5.32 Å². The number of aromatic nitrogens is 1. The van der Waals surface area contributed by atoms with Crippen molar-refractivity contribution in [2.75, 3.05) is 11.1 Å². The summed E-state index contributed by atoms with van der Waals surface area (Å²) in [6, 6.07) is 7.63. The van der Waals surface area contributed by atoms with Gasteiger partial charge in [0.1, 0.15) is 5.82 Å². The topological polar surface area (TPSA) is 42.0 Å². The molecule has 0 saturated heterocycles. The van der Waals surface area contributed by atoms with Crippen LogP contribution in [-0.4, -0.2) is 16.6 Å². The van der Waals surface area contributed by atoms with Crippen LogP contribution in [0, 0.1) is 17.5 Å². The molecule has 1 aromatic heterocycles. The van der Waals surface area contributed by atoms with E-state index in [1.165, 1.54) is 24.3 Å². The quantitative estimate of drug-likeness (QED) is 0.704. The minimum Gasteiger partial charge on any atom is -0.301 e. The van der Waals surface area contributed by atoms with Gasteiger partial charge in [0.15, 0.2) is 16.8 Å². The third-order valence-electron chi connectivity index (χ3n) is 2.86. The smallest absolute Gasteiger partial charge is 0.236 e. The lowest BCUT2D eigenvalue weighted by atomic mass is 10.3. The van der Waals surface area contributed by atoms with E-state index < -0.39 is 11.6 Å². The van der Waals surface area contributed by atoms with E-state index in [0.29, 0.717) is 20.2 Å². The third-order valence-corrected chi connectivity index (χ3v) is 4.79. The molecule has 118 valence electrons. The fraction of sp³-hybridized carbons (Fsp3) is 0.0667. The van der Waals surface area contributed by atoms with Gasteiger partial charge in [0.2, 0.25) is 5.91 Å². The number of carbonyl (C=O) groups is 1. The summed E-state index contributed by atoms with van der Waals surface area (Å²) in [5.41, 5.74) is 0.597. The molecule has 3 nitrogen and oxygen atoms in total. The van der Waals surface area contributed by atoms with Crippen LogP contribution >= 0.6 is 23.1 Å². The second kappa shape index (κ2) is 6.59. The lowest BCUT2D eigenvalue weighted by molar-refractivity contribution is -0.113. The molecular formula is C15H9F3N2OS2. The van der Waals surface area contributed by atoms with Crippen LogP contribution in [0.15, 0.2) is 41.3 Å². The first kappa shape index (κ1) is 15.8. The zero-order chi connectivity index (χ0) is 16.4. The molecule has 0 spiro atoms.